The number of aryl methyl sites for hydroxylation is 2. The first-order valence-electron chi connectivity index (χ1n) is 7.66. The highest BCUT2D eigenvalue weighted by Crippen LogP contribution is 2.22. The molecule has 0 amide bonds. The van der Waals surface area contributed by atoms with Crippen LogP contribution >= 0.6 is 0 Å². The molecule has 0 radical (unpaired) electrons. The second-order valence-corrected chi connectivity index (χ2v) is 6.05. The summed E-state index contributed by atoms with van der Waals surface area (Å²) in [4.78, 5) is 8.78. The predicted molar refractivity (Wildman–Crippen MR) is 84.2 cm³/mol. The van der Waals surface area contributed by atoms with Gasteiger partial charge >= 0.3 is 0 Å². The van der Waals surface area contributed by atoms with Crippen molar-refractivity contribution >= 4 is 11.5 Å². The van der Waals surface area contributed by atoms with Crippen molar-refractivity contribution in [2.45, 2.75) is 26.4 Å². The molecule has 3 aromatic rings. The molecule has 4 heterocycles. The van der Waals surface area contributed by atoms with Crippen LogP contribution in [0.5, 0.6) is 0 Å². The number of aromatic nitrogens is 5. The fraction of sp³-hybridized carbons (Fsp3) is 0.467. The molecule has 8 heteroatoms. The van der Waals surface area contributed by atoms with E-state index in [0.717, 1.165) is 48.6 Å². The zero-order chi connectivity index (χ0) is 16.0. The van der Waals surface area contributed by atoms with Crippen molar-refractivity contribution in [1.29, 1.82) is 0 Å². The summed E-state index contributed by atoms with van der Waals surface area (Å²) in [6.07, 6.45) is 1.76. The first kappa shape index (κ1) is 14.1. The van der Waals surface area contributed by atoms with Gasteiger partial charge in [-0.2, -0.15) is 4.52 Å². The summed E-state index contributed by atoms with van der Waals surface area (Å²) in [5.74, 6) is 3.38. The number of nitrogens with zero attached hydrogens (tertiary/aromatic N) is 7. The first-order chi connectivity index (χ1) is 11.1. The molecule has 0 aromatic carbocycles. The van der Waals surface area contributed by atoms with E-state index in [9.17, 15) is 0 Å². The van der Waals surface area contributed by atoms with Gasteiger partial charge in [-0.15, -0.1) is 15.3 Å². The van der Waals surface area contributed by atoms with Crippen molar-refractivity contribution in [3.05, 3.63) is 35.8 Å². The van der Waals surface area contributed by atoms with Crippen LogP contribution in [-0.2, 0) is 6.54 Å². The average molecular weight is 313 g/mol. The third kappa shape index (κ3) is 2.55. The van der Waals surface area contributed by atoms with E-state index in [4.69, 9.17) is 4.42 Å². The van der Waals surface area contributed by atoms with Crippen molar-refractivity contribution in [3.63, 3.8) is 0 Å². The van der Waals surface area contributed by atoms with Crippen LogP contribution in [0.3, 0.4) is 0 Å². The van der Waals surface area contributed by atoms with Crippen LogP contribution in [0.25, 0.3) is 5.65 Å². The van der Waals surface area contributed by atoms with E-state index in [1.54, 1.807) is 10.7 Å². The Labute approximate surface area is 133 Å². The summed E-state index contributed by atoms with van der Waals surface area (Å²) in [6, 6.07) is 4.42. The summed E-state index contributed by atoms with van der Waals surface area (Å²) >= 11 is 0. The van der Waals surface area contributed by atoms with E-state index in [-0.39, 0.29) is 0 Å². The molecule has 0 unspecified atom stereocenters. The van der Waals surface area contributed by atoms with Crippen molar-refractivity contribution < 1.29 is 4.42 Å². The van der Waals surface area contributed by atoms with Gasteiger partial charge in [0.25, 0.3) is 0 Å². The highest BCUT2D eigenvalue weighted by atomic mass is 16.4. The number of oxazole rings is 1. The zero-order valence-corrected chi connectivity index (χ0v) is 13.5. The van der Waals surface area contributed by atoms with Gasteiger partial charge in [-0.25, -0.2) is 4.98 Å². The van der Waals surface area contributed by atoms with Crippen LogP contribution < -0.4 is 4.90 Å². The molecule has 0 bridgehead atoms. The van der Waals surface area contributed by atoms with Gasteiger partial charge in [-0.05, 0) is 33.0 Å². The topological polar surface area (TPSA) is 75.6 Å². The summed E-state index contributed by atoms with van der Waals surface area (Å²) in [5.41, 5.74) is 0.778. The van der Waals surface area contributed by atoms with Gasteiger partial charge in [0.15, 0.2) is 11.5 Å². The highest BCUT2D eigenvalue weighted by Gasteiger charge is 2.31. The SMILES string of the molecule is Cc1cnc(CN(C)C2CN(c3ccc4nnc(C)n4n3)C2)o1. The highest BCUT2D eigenvalue weighted by molar-refractivity contribution is 5.47. The van der Waals surface area contributed by atoms with Gasteiger partial charge < -0.3 is 9.32 Å². The van der Waals surface area contributed by atoms with E-state index in [2.05, 4.69) is 37.1 Å². The van der Waals surface area contributed by atoms with Crippen LogP contribution in [0.1, 0.15) is 17.5 Å². The molecule has 1 aliphatic heterocycles. The molecule has 3 aromatic heterocycles. The van der Waals surface area contributed by atoms with Crippen LogP contribution in [0.2, 0.25) is 0 Å². The Balaban J connectivity index is 1.40. The van der Waals surface area contributed by atoms with Crippen molar-refractivity contribution in [2.24, 2.45) is 0 Å². The van der Waals surface area contributed by atoms with E-state index in [0.29, 0.717) is 6.04 Å². The van der Waals surface area contributed by atoms with Crippen molar-refractivity contribution in [3.8, 4) is 0 Å². The molecule has 1 fully saturated rings. The van der Waals surface area contributed by atoms with Crippen molar-refractivity contribution in [2.75, 3.05) is 25.0 Å². The largest absolute Gasteiger partial charge is 0.445 e. The summed E-state index contributed by atoms with van der Waals surface area (Å²) in [6.45, 7) is 6.42. The quantitative estimate of drug-likeness (QED) is 0.712. The number of anilines is 1. The monoisotopic (exact) mass is 313 g/mol. The van der Waals surface area contributed by atoms with Crippen LogP contribution in [0.15, 0.2) is 22.7 Å². The maximum Gasteiger partial charge on any atom is 0.208 e. The third-order valence-electron chi connectivity index (χ3n) is 4.27. The van der Waals surface area contributed by atoms with E-state index in [1.807, 2.05) is 26.0 Å². The lowest BCUT2D eigenvalue weighted by molar-refractivity contribution is 0.179. The molecule has 0 N–H and O–H groups in total. The molecule has 4 rings (SSSR count). The van der Waals surface area contributed by atoms with Gasteiger partial charge in [0.1, 0.15) is 11.6 Å². The Morgan fingerprint density at radius 2 is 2.09 bits per heavy atom. The molecular formula is C15H19N7O. The lowest BCUT2D eigenvalue weighted by atomic mass is 10.1. The van der Waals surface area contributed by atoms with E-state index in [1.165, 1.54) is 0 Å². The number of hydrogen-bond donors (Lipinski definition) is 0. The minimum absolute atomic E-state index is 0.474. The Kier molecular flexibility index (Phi) is 3.26. The Bertz CT molecular complexity index is 833. The lowest BCUT2D eigenvalue weighted by Gasteiger charge is -2.44. The molecule has 8 nitrogen and oxygen atoms in total. The molecule has 0 aliphatic carbocycles. The fourth-order valence-electron chi connectivity index (χ4n) is 2.79. The summed E-state index contributed by atoms with van der Waals surface area (Å²) in [7, 11) is 2.10. The normalized spacial score (nSPS) is 15.6. The second-order valence-electron chi connectivity index (χ2n) is 6.05. The molecule has 1 saturated heterocycles. The Morgan fingerprint density at radius 3 is 2.83 bits per heavy atom. The molecule has 1 aliphatic rings. The third-order valence-corrected chi connectivity index (χ3v) is 4.27. The first-order valence-corrected chi connectivity index (χ1v) is 7.66. The Morgan fingerprint density at radius 1 is 1.26 bits per heavy atom. The summed E-state index contributed by atoms with van der Waals surface area (Å²) < 4.78 is 7.32. The van der Waals surface area contributed by atoms with E-state index < -0.39 is 0 Å². The Hall–Kier alpha value is -2.48. The molecule has 0 saturated carbocycles. The smallest absolute Gasteiger partial charge is 0.208 e. The summed E-state index contributed by atoms with van der Waals surface area (Å²) in [5, 5.41) is 12.7. The number of likely N-dealkylation sites (N-methyl/N-ethyl adjacent to an activating group) is 1. The van der Waals surface area contributed by atoms with E-state index >= 15 is 0 Å². The zero-order valence-electron chi connectivity index (χ0n) is 13.5. The molecule has 0 spiro atoms. The molecular weight excluding hydrogens is 294 g/mol. The number of rotatable bonds is 4. The molecule has 0 atom stereocenters. The molecule has 120 valence electrons. The lowest BCUT2D eigenvalue weighted by Crippen LogP contribution is -2.58. The number of hydrogen-bond acceptors (Lipinski definition) is 7. The average Bonchev–Trinajstić information content (AvgIpc) is 3.04. The van der Waals surface area contributed by atoms with Gasteiger partial charge in [0.05, 0.1) is 12.7 Å². The molecule has 23 heavy (non-hydrogen) atoms. The van der Waals surface area contributed by atoms with Crippen molar-refractivity contribution in [1.82, 2.24) is 29.7 Å². The second kappa shape index (κ2) is 5.31. The van der Waals surface area contributed by atoms with Gasteiger partial charge in [-0.1, -0.05) is 0 Å². The van der Waals surface area contributed by atoms with Crippen LogP contribution in [0.4, 0.5) is 5.82 Å². The maximum absolute atomic E-state index is 5.54. The van der Waals surface area contributed by atoms with Gasteiger partial charge in [-0.3, -0.25) is 4.90 Å². The minimum atomic E-state index is 0.474. The standard InChI is InChI=1S/C15H19N7O/c1-10-6-16-15(23-10)9-20(3)12-7-21(8-12)14-5-4-13-18-17-11(2)22(13)19-14/h4-6,12H,7-9H2,1-3H3. The number of fused-ring (bicyclic) bond motifs is 1. The van der Waals surface area contributed by atoms with Crippen LogP contribution in [0, 0.1) is 13.8 Å². The van der Waals surface area contributed by atoms with Crippen LogP contribution in [-0.4, -0.2) is 55.9 Å². The van der Waals surface area contributed by atoms with Gasteiger partial charge in [0.2, 0.25) is 5.89 Å². The fourth-order valence-corrected chi connectivity index (χ4v) is 2.79. The minimum Gasteiger partial charge on any atom is -0.445 e. The predicted octanol–water partition coefficient (Wildman–Crippen LogP) is 1.05. The maximum atomic E-state index is 5.54. The van der Waals surface area contributed by atoms with Gasteiger partial charge in [0, 0.05) is 19.1 Å².